The smallest absolute Gasteiger partial charge is 0.149 e. The third kappa shape index (κ3) is 3.77. The van der Waals surface area contributed by atoms with E-state index in [-0.39, 0.29) is 0 Å². The summed E-state index contributed by atoms with van der Waals surface area (Å²) in [6.45, 7) is 6.44. The van der Waals surface area contributed by atoms with Crippen LogP contribution >= 0.6 is 0 Å². The monoisotopic (exact) mass is 266 g/mol. The standard InChI is InChI=1S/C15H20F2N2/c1-2-3-4-7-18-8-10-19(11-9-18)15-6-5-13(16)12-14(15)17/h3-6,12H,2,7-11H2,1H3. The Morgan fingerprint density at radius 3 is 2.47 bits per heavy atom. The molecule has 0 aromatic heterocycles. The normalized spacial score (nSPS) is 17.3. The second-order valence-electron chi connectivity index (χ2n) is 4.76. The summed E-state index contributed by atoms with van der Waals surface area (Å²) in [7, 11) is 0. The average molecular weight is 266 g/mol. The van der Waals surface area contributed by atoms with Crippen molar-refractivity contribution in [3.8, 4) is 0 Å². The molecule has 1 aliphatic heterocycles. The van der Waals surface area contributed by atoms with E-state index in [9.17, 15) is 8.78 Å². The van der Waals surface area contributed by atoms with Crippen LogP contribution in [-0.2, 0) is 0 Å². The Labute approximate surface area is 113 Å². The quantitative estimate of drug-likeness (QED) is 0.773. The van der Waals surface area contributed by atoms with Crippen molar-refractivity contribution in [2.45, 2.75) is 13.3 Å². The minimum Gasteiger partial charge on any atom is -0.367 e. The molecule has 0 radical (unpaired) electrons. The lowest BCUT2D eigenvalue weighted by Crippen LogP contribution is -2.46. The summed E-state index contributed by atoms with van der Waals surface area (Å²) < 4.78 is 26.5. The van der Waals surface area contributed by atoms with Crippen molar-refractivity contribution in [1.29, 1.82) is 0 Å². The van der Waals surface area contributed by atoms with Crippen molar-refractivity contribution in [1.82, 2.24) is 4.90 Å². The molecule has 1 fully saturated rings. The van der Waals surface area contributed by atoms with E-state index in [1.165, 1.54) is 12.1 Å². The molecule has 104 valence electrons. The van der Waals surface area contributed by atoms with E-state index in [0.717, 1.165) is 45.2 Å². The van der Waals surface area contributed by atoms with Gasteiger partial charge in [0.2, 0.25) is 0 Å². The number of rotatable bonds is 4. The highest BCUT2D eigenvalue weighted by Gasteiger charge is 2.18. The summed E-state index contributed by atoms with van der Waals surface area (Å²) in [5.74, 6) is -0.996. The summed E-state index contributed by atoms with van der Waals surface area (Å²) in [5.41, 5.74) is 0.505. The van der Waals surface area contributed by atoms with Crippen molar-refractivity contribution in [2.75, 3.05) is 37.6 Å². The van der Waals surface area contributed by atoms with E-state index in [2.05, 4.69) is 24.0 Å². The summed E-state index contributed by atoms with van der Waals surface area (Å²) in [4.78, 5) is 4.32. The van der Waals surface area contributed by atoms with Crippen LogP contribution in [-0.4, -0.2) is 37.6 Å². The minimum atomic E-state index is -0.524. The molecule has 1 aliphatic rings. The van der Waals surface area contributed by atoms with Gasteiger partial charge in [0.15, 0.2) is 0 Å². The molecule has 1 heterocycles. The number of hydrogen-bond donors (Lipinski definition) is 0. The lowest BCUT2D eigenvalue weighted by Gasteiger charge is -2.35. The number of halogens is 2. The number of hydrogen-bond acceptors (Lipinski definition) is 2. The molecule has 0 atom stereocenters. The lowest BCUT2D eigenvalue weighted by atomic mass is 10.2. The van der Waals surface area contributed by atoms with Crippen molar-refractivity contribution < 1.29 is 8.78 Å². The second kappa shape index (κ2) is 6.66. The molecule has 2 rings (SSSR count). The molecule has 0 N–H and O–H groups in total. The molecule has 4 heteroatoms. The fourth-order valence-corrected chi connectivity index (χ4v) is 2.30. The maximum absolute atomic E-state index is 13.7. The molecular formula is C15H20F2N2. The molecule has 0 spiro atoms. The number of anilines is 1. The van der Waals surface area contributed by atoms with E-state index in [4.69, 9.17) is 0 Å². The van der Waals surface area contributed by atoms with Gasteiger partial charge in [0.25, 0.3) is 0 Å². The molecule has 1 aromatic rings. The first-order valence-electron chi connectivity index (χ1n) is 6.78. The van der Waals surface area contributed by atoms with Gasteiger partial charge in [-0.3, -0.25) is 4.90 Å². The number of benzene rings is 1. The van der Waals surface area contributed by atoms with Gasteiger partial charge in [-0.05, 0) is 18.6 Å². The van der Waals surface area contributed by atoms with Gasteiger partial charge >= 0.3 is 0 Å². The van der Waals surface area contributed by atoms with Gasteiger partial charge in [-0.1, -0.05) is 19.1 Å². The van der Waals surface area contributed by atoms with Gasteiger partial charge in [0, 0.05) is 38.8 Å². The first-order chi connectivity index (χ1) is 9.20. The molecule has 0 unspecified atom stereocenters. The van der Waals surface area contributed by atoms with Gasteiger partial charge in [0.05, 0.1) is 5.69 Å². The molecule has 0 aliphatic carbocycles. The molecule has 0 saturated carbocycles. The van der Waals surface area contributed by atoms with Crippen molar-refractivity contribution in [2.24, 2.45) is 0 Å². The van der Waals surface area contributed by atoms with Crippen LogP contribution in [0.25, 0.3) is 0 Å². The fourth-order valence-electron chi connectivity index (χ4n) is 2.30. The maximum atomic E-state index is 13.7. The van der Waals surface area contributed by atoms with Gasteiger partial charge in [0.1, 0.15) is 11.6 Å². The highest BCUT2D eigenvalue weighted by molar-refractivity contribution is 5.48. The van der Waals surface area contributed by atoms with Gasteiger partial charge in [-0.25, -0.2) is 8.78 Å². The van der Waals surface area contributed by atoms with Crippen molar-refractivity contribution >= 4 is 5.69 Å². The molecular weight excluding hydrogens is 246 g/mol. The zero-order valence-corrected chi connectivity index (χ0v) is 11.3. The summed E-state index contributed by atoms with van der Waals surface area (Å²) in [5, 5.41) is 0. The summed E-state index contributed by atoms with van der Waals surface area (Å²) in [6, 6.07) is 3.79. The van der Waals surface area contributed by atoms with Crippen LogP contribution in [0.4, 0.5) is 14.5 Å². The summed E-state index contributed by atoms with van der Waals surface area (Å²) >= 11 is 0. The Balaban J connectivity index is 1.90. The van der Waals surface area contributed by atoms with Gasteiger partial charge in [-0.2, -0.15) is 0 Å². The van der Waals surface area contributed by atoms with Crippen LogP contribution in [0.15, 0.2) is 30.4 Å². The fraction of sp³-hybridized carbons (Fsp3) is 0.467. The topological polar surface area (TPSA) is 6.48 Å². The Morgan fingerprint density at radius 2 is 1.84 bits per heavy atom. The molecule has 2 nitrogen and oxygen atoms in total. The first-order valence-corrected chi connectivity index (χ1v) is 6.78. The highest BCUT2D eigenvalue weighted by atomic mass is 19.1. The Morgan fingerprint density at radius 1 is 1.11 bits per heavy atom. The average Bonchev–Trinajstić information content (AvgIpc) is 2.40. The highest BCUT2D eigenvalue weighted by Crippen LogP contribution is 2.21. The van der Waals surface area contributed by atoms with E-state index < -0.39 is 11.6 Å². The van der Waals surface area contributed by atoms with Crippen LogP contribution in [0.2, 0.25) is 0 Å². The van der Waals surface area contributed by atoms with Crippen LogP contribution in [0.1, 0.15) is 13.3 Å². The molecule has 1 saturated heterocycles. The summed E-state index contributed by atoms with van der Waals surface area (Å²) in [6.07, 6.45) is 5.39. The predicted octanol–water partition coefficient (Wildman–Crippen LogP) is 3.05. The van der Waals surface area contributed by atoms with Crippen molar-refractivity contribution in [3.63, 3.8) is 0 Å². The maximum Gasteiger partial charge on any atom is 0.149 e. The zero-order valence-electron chi connectivity index (χ0n) is 11.3. The third-order valence-electron chi connectivity index (χ3n) is 3.39. The largest absolute Gasteiger partial charge is 0.367 e. The van der Waals surface area contributed by atoms with Crippen LogP contribution < -0.4 is 4.90 Å². The first kappa shape index (κ1) is 14.0. The zero-order chi connectivity index (χ0) is 13.7. The number of piperazine rings is 1. The SMILES string of the molecule is CCC=CCN1CCN(c2ccc(F)cc2F)CC1. The van der Waals surface area contributed by atoms with E-state index in [0.29, 0.717) is 5.69 Å². The Bertz CT molecular complexity index is 438. The second-order valence-corrected chi connectivity index (χ2v) is 4.76. The van der Waals surface area contributed by atoms with Crippen LogP contribution in [0.5, 0.6) is 0 Å². The molecule has 1 aromatic carbocycles. The van der Waals surface area contributed by atoms with E-state index in [1.54, 1.807) is 0 Å². The minimum absolute atomic E-state index is 0.473. The molecule has 0 bridgehead atoms. The molecule has 0 amide bonds. The predicted molar refractivity (Wildman–Crippen MR) is 74.4 cm³/mol. The Hall–Kier alpha value is -1.42. The van der Waals surface area contributed by atoms with Crippen LogP contribution in [0.3, 0.4) is 0 Å². The Kier molecular flexibility index (Phi) is 4.91. The third-order valence-corrected chi connectivity index (χ3v) is 3.39. The molecule has 19 heavy (non-hydrogen) atoms. The van der Waals surface area contributed by atoms with E-state index in [1.807, 2.05) is 4.90 Å². The van der Waals surface area contributed by atoms with E-state index >= 15 is 0 Å². The van der Waals surface area contributed by atoms with Gasteiger partial charge < -0.3 is 4.90 Å². The lowest BCUT2D eigenvalue weighted by molar-refractivity contribution is 0.283. The van der Waals surface area contributed by atoms with Crippen molar-refractivity contribution in [3.05, 3.63) is 42.0 Å². The number of allylic oxidation sites excluding steroid dienone is 1. The van der Waals surface area contributed by atoms with Crippen LogP contribution in [0, 0.1) is 11.6 Å². The number of nitrogens with zero attached hydrogens (tertiary/aromatic N) is 2. The van der Waals surface area contributed by atoms with Gasteiger partial charge in [-0.15, -0.1) is 0 Å².